The molecule has 1 fully saturated rings. The Balaban J connectivity index is 1.54. The van der Waals surface area contributed by atoms with E-state index in [1.807, 2.05) is 36.4 Å². The number of β-amino-alcohol motifs (C(OH)–C–C–N with tert-alkyl or cyclic N) is 1. The number of amides is 1. The van der Waals surface area contributed by atoms with E-state index in [9.17, 15) is 9.90 Å². The standard InChI is InChI=1S/C19H23N3O4/c1-25-15-4-2-13(3-5-15)10-16-18(17(23)12-21-16)26-19(24)22-11-14-6-8-20-9-7-14/h2-9,16-18,21,23H,10-12H2,1H3,(H,22,24)/t16-,17+,18+/m1/s1. The van der Waals surface area contributed by atoms with Crippen LogP contribution in [0.2, 0.25) is 0 Å². The number of alkyl carbamates (subject to hydrolysis) is 1. The van der Waals surface area contributed by atoms with Crippen LogP contribution in [0.15, 0.2) is 48.8 Å². The van der Waals surface area contributed by atoms with E-state index < -0.39 is 18.3 Å². The molecule has 0 bridgehead atoms. The first-order chi connectivity index (χ1) is 12.7. The van der Waals surface area contributed by atoms with Gasteiger partial charge in [0.05, 0.1) is 13.2 Å². The number of carbonyl (C=O) groups excluding carboxylic acids is 1. The maximum absolute atomic E-state index is 12.1. The van der Waals surface area contributed by atoms with E-state index in [0.717, 1.165) is 16.9 Å². The fourth-order valence-corrected chi connectivity index (χ4v) is 2.98. The molecule has 1 aliphatic rings. The molecule has 1 aromatic carbocycles. The largest absolute Gasteiger partial charge is 0.497 e. The molecule has 2 aromatic rings. The second kappa shape index (κ2) is 8.64. The maximum atomic E-state index is 12.1. The zero-order valence-electron chi connectivity index (χ0n) is 14.6. The lowest BCUT2D eigenvalue weighted by molar-refractivity contribution is 0.0188. The number of rotatable bonds is 6. The summed E-state index contributed by atoms with van der Waals surface area (Å²) in [5, 5.41) is 16.1. The van der Waals surface area contributed by atoms with Gasteiger partial charge in [-0.1, -0.05) is 12.1 Å². The summed E-state index contributed by atoms with van der Waals surface area (Å²) in [4.78, 5) is 16.0. The maximum Gasteiger partial charge on any atom is 0.407 e. The van der Waals surface area contributed by atoms with Gasteiger partial charge in [-0.05, 0) is 41.8 Å². The van der Waals surface area contributed by atoms with Crippen LogP contribution in [0.1, 0.15) is 11.1 Å². The zero-order valence-corrected chi connectivity index (χ0v) is 14.6. The second-order valence-electron chi connectivity index (χ2n) is 6.21. The lowest BCUT2D eigenvalue weighted by Gasteiger charge is -2.22. The number of nitrogens with one attached hydrogen (secondary N) is 2. The summed E-state index contributed by atoms with van der Waals surface area (Å²) < 4.78 is 10.6. The summed E-state index contributed by atoms with van der Waals surface area (Å²) in [7, 11) is 1.62. The van der Waals surface area contributed by atoms with Crippen molar-refractivity contribution >= 4 is 6.09 Å². The van der Waals surface area contributed by atoms with Gasteiger partial charge in [0.15, 0.2) is 0 Å². The number of aliphatic hydroxyl groups excluding tert-OH is 1. The summed E-state index contributed by atoms with van der Waals surface area (Å²) in [6.45, 7) is 0.740. The van der Waals surface area contributed by atoms with Crippen LogP contribution in [0.4, 0.5) is 4.79 Å². The van der Waals surface area contributed by atoms with Gasteiger partial charge in [0.25, 0.3) is 0 Å². The molecule has 3 atom stereocenters. The van der Waals surface area contributed by atoms with E-state index in [1.54, 1.807) is 19.5 Å². The van der Waals surface area contributed by atoms with Crippen LogP contribution in [-0.4, -0.2) is 48.1 Å². The number of ether oxygens (including phenoxy) is 2. The van der Waals surface area contributed by atoms with Crippen molar-refractivity contribution in [3.05, 3.63) is 59.9 Å². The average Bonchev–Trinajstić information content (AvgIpc) is 3.01. The number of aliphatic hydroxyl groups is 1. The lowest BCUT2D eigenvalue weighted by atomic mass is 10.0. The first-order valence-corrected chi connectivity index (χ1v) is 8.53. The highest BCUT2D eigenvalue weighted by atomic mass is 16.6. The van der Waals surface area contributed by atoms with Crippen LogP contribution in [0.25, 0.3) is 0 Å². The third-order valence-electron chi connectivity index (χ3n) is 4.41. The Morgan fingerprint density at radius 3 is 2.65 bits per heavy atom. The quantitative estimate of drug-likeness (QED) is 0.721. The Bertz CT molecular complexity index is 708. The molecule has 7 heteroatoms. The third kappa shape index (κ3) is 4.71. The first kappa shape index (κ1) is 18.2. The van der Waals surface area contributed by atoms with Crippen molar-refractivity contribution in [3.63, 3.8) is 0 Å². The average molecular weight is 357 g/mol. The number of hydrogen-bond donors (Lipinski definition) is 3. The molecule has 0 aliphatic carbocycles. The van der Waals surface area contributed by atoms with Gasteiger partial charge in [0, 0.05) is 25.5 Å². The van der Waals surface area contributed by atoms with Crippen molar-refractivity contribution in [3.8, 4) is 5.75 Å². The number of hydrogen-bond acceptors (Lipinski definition) is 6. The molecule has 138 valence electrons. The van der Waals surface area contributed by atoms with Crippen molar-refractivity contribution < 1.29 is 19.4 Å². The van der Waals surface area contributed by atoms with Gasteiger partial charge < -0.3 is 25.2 Å². The summed E-state index contributed by atoms with van der Waals surface area (Å²) in [5.74, 6) is 0.788. The van der Waals surface area contributed by atoms with E-state index in [0.29, 0.717) is 19.5 Å². The Morgan fingerprint density at radius 1 is 1.23 bits per heavy atom. The SMILES string of the molecule is COc1ccc(C[C@H]2NC[C@H](O)[C@H]2OC(=O)NCc2ccncc2)cc1. The molecule has 0 unspecified atom stereocenters. The minimum atomic E-state index is -0.732. The molecule has 7 nitrogen and oxygen atoms in total. The highest BCUT2D eigenvalue weighted by Gasteiger charge is 2.37. The van der Waals surface area contributed by atoms with E-state index in [-0.39, 0.29) is 6.04 Å². The highest BCUT2D eigenvalue weighted by Crippen LogP contribution is 2.19. The molecule has 3 rings (SSSR count). The van der Waals surface area contributed by atoms with Gasteiger partial charge in [-0.3, -0.25) is 4.98 Å². The molecule has 2 heterocycles. The molecule has 1 saturated heterocycles. The van der Waals surface area contributed by atoms with E-state index in [2.05, 4.69) is 15.6 Å². The molecule has 1 aromatic heterocycles. The molecule has 1 aliphatic heterocycles. The van der Waals surface area contributed by atoms with Crippen LogP contribution in [0.5, 0.6) is 5.75 Å². The Kier molecular flexibility index (Phi) is 6.04. The van der Waals surface area contributed by atoms with Gasteiger partial charge >= 0.3 is 6.09 Å². The van der Waals surface area contributed by atoms with Crippen molar-refractivity contribution in [2.45, 2.75) is 31.2 Å². The predicted molar refractivity (Wildman–Crippen MR) is 95.8 cm³/mol. The molecule has 0 saturated carbocycles. The van der Waals surface area contributed by atoms with Crippen molar-refractivity contribution in [2.75, 3.05) is 13.7 Å². The fraction of sp³-hybridized carbons (Fsp3) is 0.368. The van der Waals surface area contributed by atoms with E-state index in [1.165, 1.54) is 0 Å². The molecule has 3 N–H and O–H groups in total. The molecular formula is C19H23N3O4. The predicted octanol–water partition coefficient (Wildman–Crippen LogP) is 1.26. The summed E-state index contributed by atoms with van der Waals surface area (Å²) >= 11 is 0. The molecule has 1 amide bonds. The van der Waals surface area contributed by atoms with Crippen LogP contribution in [0, 0.1) is 0 Å². The van der Waals surface area contributed by atoms with Crippen LogP contribution >= 0.6 is 0 Å². The van der Waals surface area contributed by atoms with Crippen LogP contribution in [0.3, 0.4) is 0 Å². The summed E-state index contributed by atoms with van der Waals surface area (Å²) in [5.41, 5.74) is 2.00. The van der Waals surface area contributed by atoms with Gasteiger partial charge in [-0.25, -0.2) is 4.79 Å². The number of nitrogens with zero attached hydrogens (tertiary/aromatic N) is 1. The number of pyridine rings is 1. The van der Waals surface area contributed by atoms with Crippen LogP contribution in [-0.2, 0) is 17.7 Å². The minimum Gasteiger partial charge on any atom is -0.497 e. The van der Waals surface area contributed by atoms with Crippen molar-refractivity contribution in [1.29, 1.82) is 0 Å². The van der Waals surface area contributed by atoms with Crippen LogP contribution < -0.4 is 15.4 Å². The topological polar surface area (TPSA) is 92.7 Å². The van der Waals surface area contributed by atoms with Crippen molar-refractivity contribution in [2.24, 2.45) is 0 Å². The van der Waals surface area contributed by atoms with Crippen molar-refractivity contribution in [1.82, 2.24) is 15.6 Å². The zero-order chi connectivity index (χ0) is 18.4. The normalized spacial score (nSPS) is 22.0. The molecule has 26 heavy (non-hydrogen) atoms. The molecule has 0 radical (unpaired) electrons. The number of methoxy groups -OCH3 is 1. The third-order valence-corrected chi connectivity index (χ3v) is 4.41. The Hall–Kier alpha value is -2.64. The van der Waals surface area contributed by atoms with E-state index in [4.69, 9.17) is 9.47 Å². The van der Waals surface area contributed by atoms with Gasteiger partial charge in [-0.15, -0.1) is 0 Å². The summed E-state index contributed by atoms with van der Waals surface area (Å²) in [6.07, 6.45) is 2.09. The number of carbonyl (C=O) groups is 1. The van der Waals surface area contributed by atoms with Gasteiger partial charge in [0.1, 0.15) is 18.0 Å². The van der Waals surface area contributed by atoms with Gasteiger partial charge in [-0.2, -0.15) is 0 Å². The summed E-state index contributed by atoms with van der Waals surface area (Å²) in [6, 6.07) is 11.2. The molecule has 0 spiro atoms. The number of benzene rings is 1. The Labute approximate surface area is 152 Å². The van der Waals surface area contributed by atoms with Gasteiger partial charge in [0.2, 0.25) is 0 Å². The second-order valence-corrected chi connectivity index (χ2v) is 6.21. The Morgan fingerprint density at radius 2 is 1.96 bits per heavy atom. The first-order valence-electron chi connectivity index (χ1n) is 8.53. The minimum absolute atomic E-state index is 0.148. The smallest absolute Gasteiger partial charge is 0.407 e. The lowest BCUT2D eigenvalue weighted by Crippen LogP contribution is -2.41. The fourth-order valence-electron chi connectivity index (χ4n) is 2.98. The monoisotopic (exact) mass is 357 g/mol. The highest BCUT2D eigenvalue weighted by molar-refractivity contribution is 5.67. The van der Waals surface area contributed by atoms with E-state index >= 15 is 0 Å². The molecular weight excluding hydrogens is 334 g/mol. The number of aromatic nitrogens is 1.